The quantitative estimate of drug-likeness (QED) is 0.161. The molecule has 0 saturated carbocycles. The van der Waals surface area contributed by atoms with Gasteiger partial charge >= 0.3 is 0 Å². The number of rotatable bonds is 7. The highest BCUT2D eigenvalue weighted by molar-refractivity contribution is 6.17. The predicted molar refractivity (Wildman–Crippen MR) is 229 cm³/mol. The third-order valence-electron chi connectivity index (χ3n) is 10.3. The van der Waals surface area contributed by atoms with Crippen LogP contribution in [0.25, 0.3) is 71.6 Å². The monoisotopic (exact) mass is 693 g/mol. The van der Waals surface area contributed by atoms with E-state index >= 15 is 0 Å². The lowest BCUT2D eigenvalue weighted by Crippen LogP contribution is -2.11. The highest BCUT2D eigenvalue weighted by Gasteiger charge is 2.21. The number of para-hydroxylation sites is 3. The van der Waals surface area contributed by atoms with Gasteiger partial charge < -0.3 is 9.47 Å². The van der Waals surface area contributed by atoms with Crippen molar-refractivity contribution in [1.29, 1.82) is 0 Å². The van der Waals surface area contributed by atoms with Crippen LogP contribution in [0.4, 0.5) is 17.1 Å². The van der Waals surface area contributed by atoms with Gasteiger partial charge in [0.2, 0.25) is 0 Å². The van der Waals surface area contributed by atoms with Gasteiger partial charge in [0.05, 0.1) is 23.6 Å². The first kappa shape index (κ1) is 26.6. The molecule has 1 aromatic heterocycles. The molecule has 254 valence electrons. The van der Waals surface area contributed by atoms with Gasteiger partial charge in [-0.3, -0.25) is 0 Å². The molecule has 0 fully saturated rings. The molecule has 0 bridgehead atoms. The van der Waals surface area contributed by atoms with Crippen LogP contribution in [0.2, 0.25) is 0 Å². The summed E-state index contributed by atoms with van der Waals surface area (Å²) in [5.74, 6) is 0. The average molecular weight is 694 g/mol. The average Bonchev–Trinajstić information content (AvgIpc) is 3.63. The lowest BCUT2D eigenvalue weighted by molar-refractivity contribution is 1.18. The standard InChI is InChI=1S/C52H36N2/c1-3-15-37(16-4-1)38-29-33-42(34-30-38)53(43-35-31-40(32-36-43)45-24-13-18-39-17-7-8-21-44(39)45)49-26-11-9-22-46(49)47-25-14-28-51-52(47)48-23-10-12-27-50(48)54(51)41-19-5-2-6-20-41/h1-36H/i2D,5D,6D,19D,20D. The summed E-state index contributed by atoms with van der Waals surface area (Å²) >= 11 is 0. The third-order valence-corrected chi connectivity index (χ3v) is 10.3. The fraction of sp³-hybridized carbons (Fsp3) is 0. The first-order chi connectivity index (χ1) is 28.9. The minimum Gasteiger partial charge on any atom is -0.310 e. The Morgan fingerprint density at radius 2 is 0.944 bits per heavy atom. The molecule has 0 aliphatic carbocycles. The zero-order chi connectivity index (χ0) is 40.2. The zero-order valence-corrected chi connectivity index (χ0v) is 29.3. The molecule has 0 aliphatic rings. The second-order valence-corrected chi connectivity index (χ2v) is 13.4. The van der Waals surface area contributed by atoms with Gasteiger partial charge in [-0.1, -0.05) is 164 Å². The van der Waals surface area contributed by atoms with Gasteiger partial charge in [0, 0.05) is 33.4 Å². The summed E-state index contributed by atoms with van der Waals surface area (Å²) in [6.07, 6.45) is 0. The molecule has 0 saturated heterocycles. The molecule has 0 N–H and O–H groups in total. The van der Waals surface area contributed by atoms with Crippen molar-refractivity contribution in [3.8, 4) is 39.1 Å². The molecule has 10 aromatic rings. The Labute approximate surface area is 322 Å². The first-order valence-electron chi connectivity index (χ1n) is 20.6. The molecule has 9 aromatic carbocycles. The highest BCUT2D eigenvalue weighted by Crippen LogP contribution is 2.46. The molecular weight excluding hydrogens is 653 g/mol. The molecule has 10 rings (SSSR count). The van der Waals surface area contributed by atoms with Crippen LogP contribution in [0, 0.1) is 0 Å². The maximum absolute atomic E-state index is 8.94. The van der Waals surface area contributed by atoms with Gasteiger partial charge in [0.25, 0.3) is 0 Å². The summed E-state index contributed by atoms with van der Waals surface area (Å²) < 4.78 is 45.0. The normalized spacial score (nSPS) is 12.6. The Bertz CT molecular complexity index is 3180. The SMILES string of the molecule is [2H]c1c([2H])c([2H])c(-n2c3ccccc3c3c(-c4ccccc4N(c4ccc(-c5ccccc5)cc4)c4ccc(-c5cccc6ccccc56)cc4)cccc32)c([2H])c1[2H]. The second kappa shape index (κ2) is 13.4. The number of anilines is 3. The Kier molecular flexibility index (Phi) is 6.61. The molecule has 2 heteroatoms. The Morgan fingerprint density at radius 1 is 0.389 bits per heavy atom. The van der Waals surface area contributed by atoms with Crippen LogP contribution in [0.5, 0.6) is 0 Å². The molecule has 54 heavy (non-hydrogen) atoms. The van der Waals surface area contributed by atoms with Crippen molar-refractivity contribution in [2.24, 2.45) is 0 Å². The van der Waals surface area contributed by atoms with Crippen LogP contribution >= 0.6 is 0 Å². The number of nitrogens with zero attached hydrogens (tertiary/aromatic N) is 2. The van der Waals surface area contributed by atoms with E-state index in [4.69, 9.17) is 6.85 Å². The lowest BCUT2D eigenvalue weighted by Gasteiger charge is -2.28. The van der Waals surface area contributed by atoms with Crippen LogP contribution < -0.4 is 4.90 Å². The molecule has 0 spiro atoms. The molecular formula is C52H36N2. The van der Waals surface area contributed by atoms with Crippen molar-refractivity contribution in [3.63, 3.8) is 0 Å². The summed E-state index contributed by atoms with van der Waals surface area (Å²) in [6, 6.07) is 63.4. The smallest absolute Gasteiger partial charge is 0.0645 e. The Balaban J connectivity index is 1.19. The van der Waals surface area contributed by atoms with Gasteiger partial charge in [0.1, 0.15) is 0 Å². The second-order valence-electron chi connectivity index (χ2n) is 13.4. The summed E-state index contributed by atoms with van der Waals surface area (Å²) in [5.41, 5.74) is 11.1. The number of hydrogen-bond donors (Lipinski definition) is 0. The Hall–Kier alpha value is -7.16. The van der Waals surface area contributed by atoms with Crippen molar-refractivity contribution in [3.05, 3.63) is 218 Å². The van der Waals surface area contributed by atoms with E-state index in [9.17, 15) is 0 Å². The van der Waals surface area contributed by atoms with E-state index in [-0.39, 0.29) is 29.9 Å². The molecule has 1 heterocycles. The number of fused-ring (bicyclic) bond motifs is 4. The van der Waals surface area contributed by atoms with Crippen LogP contribution in [0.15, 0.2) is 218 Å². The van der Waals surface area contributed by atoms with Gasteiger partial charge in [0.15, 0.2) is 0 Å². The molecule has 0 radical (unpaired) electrons. The van der Waals surface area contributed by atoms with E-state index < -0.39 is 6.04 Å². The minimum absolute atomic E-state index is 0.124. The molecule has 0 atom stereocenters. The summed E-state index contributed by atoms with van der Waals surface area (Å²) in [4.78, 5) is 2.30. The van der Waals surface area contributed by atoms with E-state index in [2.05, 4.69) is 144 Å². The van der Waals surface area contributed by atoms with E-state index in [1.54, 1.807) is 0 Å². The molecule has 2 nitrogen and oxygen atoms in total. The summed E-state index contributed by atoms with van der Waals surface area (Å²) in [7, 11) is 0. The van der Waals surface area contributed by atoms with Crippen LogP contribution in [0.3, 0.4) is 0 Å². The van der Waals surface area contributed by atoms with E-state index in [0.717, 1.165) is 66.7 Å². The van der Waals surface area contributed by atoms with E-state index in [1.807, 2.05) is 53.1 Å². The molecule has 0 aliphatic heterocycles. The molecule has 0 amide bonds. The van der Waals surface area contributed by atoms with E-state index in [0.29, 0.717) is 0 Å². The Morgan fingerprint density at radius 3 is 1.74 bits per heavy atom. The third kappa shape index (κ3) is 5.44. The zero-order valence-electron chi connectivity index (χ0n) is 34.3. The van der Waals surface area contributed by atoms with Crippen LogP contribution in [-0.4, -0.2) is 4.57 Å². The molecule has 0 unspecified atom stereocenters. The van der Waals surface area contributed by atoms with Gasteiger partial charge in [-0.05, 0) is 93.1 Å². The first-order valence-corrected chi connectivity index (χ1v) is 18.1. The van der Waals surface area contributed by atoms with Gasteiger partial charge in [-0.15, -0.1) is 0 Å². The van der Waals surface area contributed by atoms with Gasteiger partial charge in [-0.25, -0.2) is 0 Å². The predicted octanol–water partition coefficient (Wildman–Crippen LogP) is 14.4. The summed E-state index contributed by atoms with van der Waals surface area (Å²) in [5, 5.41) is 4.24. The number of aromatic nitrogens is 1. The lowest BCUT2D eigenvalue weighted by atomic mass is 9.96. The van der Waals surface area contributed by atoms with Crippen molar-refractivity contribution in [2.75, 3.05) is 4.90 Å². The number of hydrogen-bond acceptors (Lipinski definition) is 1. The van der Waals surface area contributed by atoms with Crippen molar-refractivity contribution >= 4 is 49.6 Å². The fourth-order valence-electron chi connectivity index (χ4n) is 7.86. The van der Waals surface area contributed by atoms with Crippen molar-refractivity contribution in [1.82, 2.24) is 4.57 Å². The summed E-state index contributed by atoms with van der Waals surface area (Å²) in [6.45, 7) is 0. The fourth-order valence-corrected chi connectivity index (χ4v) is 7.86. The number of benzene rings is 9. The van der Waals surface area contributed by atoms with Gasteiger partial charge in [-0.2, -0.15) is 0 Å². The van der Waals surface area contributed by atoms with Crippen LogP contribution in [-0.2, 0) is 0 Å². The maximum Gasteiger partial charge on any atom is 0.0645 e. The highest BCUT2D eigenvalue weighted by atomic mass is 15.1. The van der Waals surface area contributed by atoms with E-state index in [1.165, 1.54) is 16.3 Å². The van der Waals surface area contributed by atoms with Crippen molar-refractivity contribution in [2.45, 2.75) is 0 Å². The topological polar surface area (TPSA) is 8.17 Å². The van der Waals surface area contributed by atoms with Crippen LogP contribution in [0.1, 0.15) is 6.85 Å². The van der Waals surface area contributed by atoms with Crippen molar-refractivity contribution < 1.29 is 6.85 Å². The maximum atomic E-state index is 8.94. The largest absolute Gasteiger partial charge is 0.310 e. The minimum atomic E-state index is -0.416.